The van der Waals surface area contributed by atoms with Crippen LogP contribution in [-0.2, 0) is 6.42 Å². The molecular weight excluding hydrogens is 272 g/mol. The molecule has 1 aromatic heterocycles. The minimum absolute atomic E-state index is 0.0565. The van der Waals surface area contributed by atoms with Crippen molar-refractivity contribution in [3.8, 4) is 0 Å². The summed E-state index contributed by atoms with van der Waals surface area (Å²) in [5.41, 5.74) is 1.95. The lowest BCUT2D eigenvalue weighted by Gasteiger charge is -2.10. The van der Waals surface area contributed by atoms with Crippen LogP contribution in [0.3, 0.4) is 0 Å². The largest absolute Gasteiger partial charge is 0.310 e. The summed E-state index contributed by atoms with van der Waals surface area (Å²) in [6, 6.07) is 9.31. The van der Waals surface area contributed by atoms with E-state index in [2.05, 4.69) is 9.97 Å². The molecule has 1 saturated carbocycles. The molecule has 2 aromatic rings. The fourth-order valence-corrected chi connectivity index (χ4v) is 3.10. The maximum absolute atomic E-state index is 11.8. The van der Waals surface area contributed by atoms with Gasteiger partial charge in [0.25, 0.3) is 5.56 Å². The Balaban J connectivity index is 1.87. The second kappa shape index (κ2) is 5.80. The van der Waals surface area contributed by atoms with Gasteiger partial charge in [0.1, 0.15) is 5.82 Å². The fourth-order valence-electron chi connectivity index (χ4n) is 2.88. The smallest absolute Gasteiger partial charge is 0.251 e. The predicted molar refractivity (Wildman–Crippen MR) is 80.3 cm³/mol. The molecule has 0 aliphatic heterocycles. The Bertz CT molecular complexity index is 660. The first-order chi connectivity index (χ1) is 9.70. The molecule has 104 valence electrons. The van der Waals surface area contributed by atoms with Crippen LogP contribution in [0.15, 0.2) is 35.1 Å². The van der Waals surface area contributed by atoms with E-state index in [0.717, 1.165) is 29.9 Å². The van der Waals surface area contributed by atoms with Crippen LogP contribution in [0.2, 0.25) is 5.02 Å². The Labute approximate surface area is 123 Å². The Morgan fingerprint density at radius 3 is 2.80 bits per heavy atom. The first-order valence-corrected chi connectivity index (χ1v) is 7.43. The molecule has 0 unspecified atom stereocenters. The van der Waals surface area contributed by atoms with Crippen LogP contribution >= 0.6 is 11.6 Å². The molecule has 1 heterocycles. The Kier molecular flexibility index (Phi) is 3.88. The van der Waals surface area contributed by atoms with Crippen LogP contribution in [-0.4, -0.2) is 9.97 Å². The number of aromatic amines is 1. The number of rotatable bonds is 3. The molecule has 0 atom stereocenters. The van der Waals surface area contributed by atoms with Gasteiger partial charge in [-0.3, -0.25) is 4.79 Å². The normalized spacial score (nSPS) is 15.7. The SMILES string of the molecule is O=c1cc(C2CCCC2)nc(Cc2cccc(Cl)c2)[nH]1. The van der Waals surface area contributed by atoms with Crippen LogP contribution in [0.1, 0.15) is 48.7 Å². The second-order valence-electron chi connectivity index (χ2n) is 5.41. The second-order valence-corrected chi connectivity index (χ2v) is 5.84. The molecule has 0 spiro atoms. The highest BCUT2D eigenvalue weighted by molar-refractivity contribution is 6.30. The average molecular weight is 289 g/mol. The molecule has 20 heavy (non-hydrogen) atoms. The van der Waals surface area contributed by atoms with Gasteiger partial charge in [0.05, 0.1) is 5.69 Å². The Morgan fingerprint density at radius 1 is 1.25 bits per heavy atom. The minimum atomic E-state index is -0.0565. The lowest BCUT2D eigenvalue weighted by atomic mass is 10.0. The molecule has 1 fully saturated rings. The highest BCUT2D eigenvalue weighted by atomic mass is 35.5. The Hall–Kier alpha value is -1.61. The zero-order valence-corrected chi connectivity index (χ0v) is 12.0. The van der Waals surface area contributed by atoms with Gasteiger partial charge < -0.3 is 4.98 Å². The van der Waals surface area contributed by atoms with Crippen molar-refractivity contribution in [2.24, 2.45) is 0 Å². The van der Waals surface area contributed by atoms with Crippen molar-refractivity contribution in [3.05, 3.63) is 62.8 Å². The van der Waals surface area contributed by atoms with E-state index < -0.39 is 0 Å². The molecule has 0 bridgehead atoms. The molecule has 4 heteroatoms. The van der Waals surface area contributed by atoms with Gasteiger partial charge >= 0.3 is 0 Å². The summed E-state index contributed by atoms with van der Waals surface area (Å²) in [5.74, 6) is 1.18. The van der Waals surface area contributed by atoms with Crippen molar-refractivity contribution < 1.29 is 0 Å². The van der Waals surface area contributed by atoms with Crippen molar-refractivity contribution in [1.82, 2.24) is 9.97 Å². The van der Waals surface area contributed by atoms with Crippen LogP contribution in [0.25, 0.3) is 0 Å². The summed E-state index contributed by atoms with van der Waals surface area (Å²) in [6.45, 7) is 0. The molecule has 1 N–H and O–H groups in total. The number of aromatic nitrogens is 2. The van der Waals surface area contributed by atoms with Gasteiger partial charge in [0.2, 0.25) is 0 Å². The Morgan fingerprint density at radius 2 is 2.05 bits per heavy atom. The fraction of sp³-hybridized carbons (Fsp3) is 0.375. The summed E-state index contributed by atoms with van der Waals surface area (Å²) in [5, 5.41) is 0.705. The third-order valence-electron chi connectivity index (χ3n) is 3.84. The summed E-state index contributed by atoms with van der Waals surface area (Å²) < 4.78 is 0. The van der Waals surface area contributed by atoms with Crippen LogP contribution in [0.5, 0.6) is 0 Å². The van der Waals surface area contributed by atoms with Gasteiger partial charge in [0.15, 0.2) is 0 Å². The van der Waals surface area contributed by atoms with E-state index in [9.17, 15) is 4.79 Å². The topological polar surface area (TPSA) is 45.8 Å². The zero-order chi connectivity index (χ0) is 13.9. The van der Waals surface area contributed by atoms with Gasteiger partial charge in [-0.2, -0.15) is 0 Å². The van der Waals surface area contributed by atoms with E-state index in [4.69, 9.17) is 11.6 Å². The van der Waals surface area contributed by atoms with Gasteiger partial charge in [0, 0.05) is 23.4 Å². The van der Waals surface area contributed by atoms with Crippen molar-refractivity contribution >= 4 is 11.6 Å². The summed E-state index contributed by atoms with van der Waals surface area (Å²) in [6.07, 6.45) is 5.38. The van der Waals surface area contributed by atoms with E-state index in [0.29, 0.717) is 17.4 Å². The minimum Gasteiger partial charge on any atom is -0.310 e. The standard InChI is InChI=1S/C16H17ClN2O/c17-13-7-3-4-11(8-13)9-15-18-14(10-16(20)19-15)12-5-1-2-6-12/h3-4,7-8,10,12H,1-2,5-6,9H2,(H,18,19,20). The van der Waals surface area contributed by atoms with E-state index in [-0.39, 0.29) is 5.56 Å². The third-order valence-corrected chi connectivity index (χ3v) is 4.08. The number of benzene rings is 1. The van der Waals surface area contributed by atoms with Gasteiger partial charge in [-0.1, -0.05) is 36.6 Å². The average Bonchev–Trinajstić information content (AvgIpc) is 2.91. The van der Waals surface area contributed by atoms with E-state index in [1.807, 2.05) is 24.3 Å². The van der Waals surface area contributed by atoms with Crippen molar-refractivity contribution in [2.75, 3.05) is 0 Å². The van der Waals surface area contributed by atoms with E-state index >= 15 is 0 Å². The maximum Gasteiger partial charge on any atom is 0.251 e. The van der Waals surface area contributed by atoms with Crippen molar-refractivity contribution in [3.63, 3.8) is 0 Å². The quantitative estimate of drug-likeness (QED) is 0.936. The molecule has 0 amide bonds. The summed E-state index contributed by atoms with van der Waals surface area (Å²) in [7, 11) is 0. The highest BCUT2D eigenvalue weighted by Crippen LogP contribution is 2.32. The lowest BCUT2D eigenvalue weighted by Crippen LogP contribution is -2.14. The van der Waals surface area contributed by atoms with Gasteiger partial charge in [-0.05, 0) is 30.5 Å². The molecule has 0 saturated heterocycles. The maximum atomic E-state index is 11.8. The molecule has 3 nitrogen and oxygen atoms in total. The van der Waals surface area contributed by atoms with E-state index in [1.165, 1.54) is 12.8 Å². The predicted octanol–water partition coefficient (Wildman–Crippen LogP) is 3.67. The molecular formula is C16H17ClN2O. The number of nitrogens with zero attached hydrogens (tertiary/aromatic N) is 1. The summed E-state index contributed by atoms with van der Waals surface area (Å²) in [4.78, 5) is 19.3. The van der Waals surface area contributed by atoms with Gasteiger partial charge in [-0.25, -0.2) is 4.98 Å². The van der Waals surface area contributed by atoms with Crippen LogP contribution < -0.4 is 5.56 Å². The number of hydrogen-bond acceptors (Lipinski definition) is 2. The number of hydrogen-bond donors (Lipinski definition) is 1. The molecule has 1 aliphatic rings. The number of nitrogens with one attached hydrogen (secondary N) is 1. The first-order valence-electron chi connectivity index (χ1n) is 7.05. The molecule has 1 aliphatic carbocycles. The number of H-pyrrole nitrogens is 1. The highest BCUT2D eigenvalue weighted by Gasteiger charge is 2.19. The molecule has 0 radical (unpaired) electrons. The van der Waals surface area contributed by atoms with Crippen molar-refractivity contribution in [1.29, 1.82) is 0 Å². The molecule has 3 rings (SSSR count). The first kappa shape index (κ1) is 13.4. The number of halogens is 1. The third kappa shape index (κ3) is 3.10. The van der Waals surface area contributed by atoms with Crippen molar-refractivity contribution in [2.45, 2.75) is 38.0 Å². The van der Waals surface area contributed by atoms with E-state index in [1.54, 1.807) is 6.07 Å². The lowest BCUT2D eigenvalue weighted by molar-refractivity contribution is 0.683. The monoisotopic (exact) mass is 288 g/mol. The molecule has 1 aromatic carbocycles. The zero-order valence-electron chi connectivity index (χ0n) is 11.2. The van der Waals surface area contributed by atoms with Crippen LogP contribution in [0, 0.1) is 0 Å². The van der Waals surface area contributed by atoms with Crippen LogP contribution in [0.4, 0.5) is 0 Å². The summed E-state index contributed by atoms with van der Waals surface area (Å²) >= 11 is 5.98. The van der Waals surface area contributed by atoms with Gasteiger partial charge in [-0.15, -0.1) is 0 Å².